The molecule has 1 heterocycles. The van der Waals surface area contributed by atoms with E-state index >= 15 is 0 Å². The Balaban J connectivity index is 1.57. The van der Waals surface area contributed by atoms with Crippen molar-refractivity contribution in [1.29, 1.82) is 0 Å². The number of benzene rings is 2. The maximum atomic E-state index is 12.3. The number of methoxy groups -OCH3 is 3. The molecule has 3 aromatic rings. The van der Waals surface area contributed by atoms with Gasteiger partial charge in [-0.3, -0.25) is 19.5 Å². The number of hydrogen-bond acceptors (Lipinski definition) is 9. The van der Waals surface area contributed by atoms with Crippen molar-refractivity contribution < 1.29 is 23.9 Å². The molecular formula is C21H23N5O6S. The van der Waals surface area contributed by atoms with Crippen LogP contribution in [-0.4, -0.2) is 59.2 Å². The van der Waals surface area contributed by atoms with Gasteiger partial charge in [-0.25, -0.2) is 0 Å². The summed E-state index contributed by atoms with van der Waals surface area (Å²) in [5.74, 6) is 1.28. The number of hydrogen-bond donors (Lipinski definition) is 1. The summed E-state index contributed by atoms with van der Waals surface area (Å²) < 4.78 is 17.3. The molecule has 12 heteroatoms. The molecule has 1 aromatic heterocycles. The number of nitrogens with one attached hydrogen (secondary N) is 1. The van der Waals surface area contributed by atoms with Gasteiger partial charge >= 0.3 is 0 Å². The lowest BCUT2D eigenvalue weighted by atomic mass is 10.1. The molecule has 3 rings (SSSR count). The van der Waals surface area contributed by atoms with Gasteiger partial charge in [-0.1, -0.05) is 11.8 Å². The molecule has 33 heavy (non-hydrogen) atoms. The Morgan fingerprint density at radius 3 is 2.45 bits per heavy atom. The third-order valence-electron chi connectivity index (χ3n) is 4.70. The van der Waals surface area contributed by atoms with Crippen LogP contribution in [0.15, 0.2) is 47.9 Å². The van der Waals surface area contributed by atoms with E-state index in [0.29, 0.717) is 16.5 Å². The second-order valence-corrected chi connectivity index (χ2v) is 7.61. The fourth-order valence-electron chi connectivity index (χ4n) is 3.04. The first kappa shape index (κ1) is 23.9. The van der Waals surface area contributed by atoms with Crippen molar-refractivity contribution in [2.45, 2.75) is 11.6 Å². The van der Waals surface area contributed by atoms with Crippen LogP contribution >= 0.6 is 11.8 Å². The standard InChI is InChI=1S/C21H23N5O6S/c1-30-16-6-4-15(5-7-16)25-13-23-24-21(25)33-12-20(27)22-9-8-14-10-18(31-2)19(32-3)11-17(14)26(28)29/h4-7,10-11,13H,8-9,12H2,1-3H3,(H,22,27). The number of nitrogens with zero attached hydrogens (tertiary/aromatic N) is 4. The van der Waals surface area contributed by atoms with Gasteiger partial charge in [-0.05, 0) is 36.8 Å². The lowest BCUT2D eigenvalue weighted by Gasteiger charge is -2.11. The topological polar surface area (TPSA) is 131 Å². The number of thioether (sulfide) groups is 1. The second-order valence-electron chi connectivity index (χ2n) is 6.66. The molecule has 0 spiro atoms. The van der Waals surface area contributed by atoms with E-state index in [9.17, 15) is 14.9 Å². The molecule has 0 radical (unpaired) electrons. The first-order chi connectivity index (χ1) is 16.0. The maximum Gasteiger partial charge on any atom is 0.276 e. The predicted molar refractivity (Wildman–Crippen MR) is 122 cm³/mol. The Morgan fingerprint density at radius 2 is 1.82 bits per heavy atom. The van der Waals surface area contributed by atoms with Crippen LogP contribution in [0.2, 0.25) is 0 Å². The third-order valence-corrected chi connectivity index (χ3v) is 5.64. The van der Waals surface area contributed by atoms with E-state index in [-0.39, 0.29) is 36.1 Å². The molecule has 0 saturated heterocycles. The summed E-state index contributed by atoms with van der Waals surface area (Å²) in [5, 5.41) is 22.7. The van der Waals surface area contributed by atoms with E-state index < -0.39 is 4.92 Å². The van der Waals surface area contributed by atoms with Crippen molar-refractivity contribution in [3.8, 4) is 22.9 Å². The van der Waals surface area contributed by atoms with Gasteiger partial charge in [-0.15, -0.1) is 10.2 Å². The summed E-state index contributed by atoms with van der Waals surface area (Å²) in [6.07, 6.45) is 1.83. The average molecular weight is 474 g/mol. The Hall–Kier alpha value is -3.80. The molecule has 174 valence electrons. The molecule has 0 aliphatic heterocycles. The van der Waals surface area contributed by atoms with E-state index in [1.165, 1.54) is 32.0 Å². The highest BCUT2D eigenvalue weighted by Crippen LogP contribution is 2.34. The summed E-state index contributed by atoms with van der Waals surface area (Å²) in [4.78, 5) is 23.2. The van der Waals surface area contributed by atoms with Gasteiger partial charge in [0.1, 0.15) is 12.1 Å². The summed E-state index contributed by atoms with van der Waals surface area (Å²) in [6, 6.07) is 10.2. The summed E-state index contributed by atoms with van der Waals surface area (Å²) in [5.41, 5.74) is 1.18. The highest BCUT2D eigenvalue weighted by molar-refractivity contribution is 7.99. The Kier molecular flexibility index (Phi) is 8.08. The first-order valence-electron chi connectivity index (χ1n) is 9.80. The van der Waals surface area contributed by atoms with E-state index in [1.807, 2.05) is 24.3 Å². The van der Waals surface area contributed by atoms with E-state index in [4.69, 9.17) is 14.2 Å². The fraction of sp³-hybridized carbons (Fsp3) is 0.286. The van der Waals surface area contributed by atoms with Gasteiger partial charge in [0.25, 0.3) is 5.69 Å². The highest BCUT2D eigenvalue weighted by Gasteiger charge is 2.19. The van der Waals surface area contributed by atoms with Crippen LogP contribution in [0.3, 0.4) is 0 Å². The van der Waals surface area contributed by atoms with Crippen molar-refractivity contribution in [1.82, 2.24) is 20.1 Å². The van der Waals surface area contributed by atoms with Gasteiger partial charge in [-0.2, -0.15) is 0 Å². The minimum Gasteiger partial charge on any atom is -0.497 e. The van der Waals surface area contributed by atoms with Crippen molar-refractivity contribution in [2.75, 3.05) is 33.6 Å². The molecule has 0 aliphatic rings. The Bertz CT molecular complexity index is 1120. The molecular weight excluding hydrogens is 450 g/mol. The molecule has 2 aromatic carbocycles. The molecule has 0 aliphatic carbocycles. The lowest BCUT2D eigenvalue weighted by molar-refractivity contribution is -0.385. The number of rotatable bonds is 11. The third kappa shape index (κ3) is 5.92. The number of amides is 1. The van der Waals surface area contributed by atoms with Crippen LogP contribution in [0.5, 0.6) is 17.2 Å². The average Bonchev–Trinajstić information content (AvgIpc) is 3.30. The summed E-state index contributed by atoms with van der Waals surface area (Å²) in [6.45, 7) is 0.223. The summed E-state index contributed by atoms with van der Waals surface area (Å²) >= 11 is 1.23. The zero-order valence-corrected chi connectivity index (χ0v) is 19.1. The number of nitro groups is 1. The smallest absolute Gasteiger partial charge is 0.276 e. The van der Waals surface area contributed by atoms with Crippen LogP contribution in [0.4, 0.5) is 5.69 Å². The number of ether oxygens (including phenoxy) is 3. The fourth-order valence-corrected chi connectivity index (χ4v) is 3.80. The molecule has 1 N–H and O–H groups in total. The Labute approximate surface area is 194 Å². The largest absolute Gasteiger partial charge is 0.497 e. The maximum absolute atomic E-state index is 12.3. The van der Waals surface area contributed by atoms with Crippen molar-refractivity contribution in [3.63, 3.8) is 0 Å². The molecule has 0 saturated carbocycles. The van der Waals surface area contributed by atoms with Crippen molar-refractivity contribution in [3.05, 3.63) is 58.4 Å². The van der Waals surface area contributed by atoms with E-state index in [1.54, 1.807) is 24.1 Å². The van der Waals surface area contributed by atoms with Crippen LogP contribution in [-0.2, 0) is 11.2 Å². The van der Waals surface area contributed by atoms with Gasteiger partial charge in [0, 0.05) is 17.8 Å². The minimum absolute atomic E-state index is 0.0936. The minimum atomic E-state index is -0.485. The zero-order chi connectivity index (χ0) is 23.8. The molecule has 11 nitrogen and oxygen atoms in total. The SMILES string of the molecule is COc1ccc(-n2cnnc2SCC(=O)NCCc2cc(OC)c(OC)cc2[N+](=O)[O-])cc1. The van der Waals surface area contributed by atoms with Gasteiger partial charge in [0.2, 0.25) is 5.91 Å². The summed E-state index contributed by atoms with van der Waals surface area (Å²) in [7, 11) is 4.46. The number of carbonyl (C=O) groups excluding carboxylic acids is 1. The zero-order valence-electron chi connectivity index (χ0n) is 18.3. The van der Waals surface area contributed by atoms with E-state index in [2.05, 4.69) is 15.5 Å². The van der Waals surface area contributed by atoms with Gasteiger partial charge in [0.15, 0.2) is 16.7 Å². The second kappa shape index (κ2) is 11.2. The molecule has 1 amide bonds. The molecule has 0 bridgehead atoms. The predicted octanol–water partition coefficient (Wildman–Crippen LogP) is 2.65. The lowest BCUT2D eigenvalue weighted by Crippen LogP contribution is -2.27. The van der Waals surface area contributed by atoms with Gasteiger partial charge in [0.05, 0.1) is 38.1 Å². The number of nitro benzene ring substituents is 1. The number of carbonyl (C=O) groups is 1. The van der Waals surface area contributed by atoms with Crippen molar-refractivity contribution in [2.24, 2.45) is 0 Å². The highest BCUT2D eigenvalue weighted by atomic mass is 32.2. The monoisotopic (exact) mass is 473 g/mol. The van der Waals surface area contributed by atoms with Crippen LogP contribution in [0.1, 0.15) is 5.56 Å². The van der Waals surface area contributed by atoms with Crippen LogP contribution in [0, 0.1) is 10.1 Å². The normalized spacial score (nSPS) is 10.5. The van der Waals surface area contributed by atoms with E-state index in [0.717, 1.165) is 11.4 Å². The van der Waals surface area contributed by atoms with Gasteiger partial charge < -0.3 is 19.5 Å². The Morgan fingerprint density at radius 1 is 1.12 bits per heavy atom. The molecule has 0 atom stereocenters. The van der Waals surface area contributed by atoms with Crippen LogP contribution in [0.25, 0.3) is 5.69 Å². The molecule has 0 fully saturated rings. The van der Waals surface area contributed by atoms with Crippen molar-refractivity contribution >= 4 is 23.4 Å². The first-order valence-corrected chi connectivity index (χ1v) is 10.8. The number of aromatic nitrogens is 3. The quantitative estimate of drug-likeness (QED) is 0.254. The molecule has 0 unspecified atom stereocenters. The van der Waals surface area contributed by atoms with Crippen LogP contribution < -0.4 is 19.5 Å².